The summed E-state index contributed by atoms with van der Waals surface area (Å²) in [4.78, 5) is 12.0. The van der Waals surface area contributed by atoms with E-state index in [0.29, 0.717) is 34.9 Å². The van der Waals surface area contributed by atoms with Crippen molar-refractivity contribution >= 4 is 16.7 Å². The first-order valence-corrected chi connectivity index (χ1v) is 9.68. The summed E-state index contributed by atoms with van der Waals surface area (Å²) in [5, 5.41) is 20.2. The highest BCUT2D eigenvalue weighted by Crippen LogP contribution is 2.38. The van der Waals surface area contributed by atoms with Gasteiger partial charge in [-0.25, -0.2) is 0 Å². The Bertz CT molecular complexity index is 1060. The molecule has 3 aromatic carbocycles. The van der Waals surface area contributed by atoms with Crippen LogP contribution >= 0.6 is 0 Å². The zero-order valence-corrected chi connectivity index (χ0v) is 16.5. The van der Waals surface area contributed by atoms with Crippen LogP contribution in [0.5, 0.6) is 11.5 Å². The molecule has 0 saturated carbocycles. The molecule has 0 saturated heterocycles. The van der Waals surface area contributed by atoms with Gasteiger partial charge in [0.25, 0.3) is 0 Å². The number of rotatable bonds is 8. The van der Waals surface area contributed by atoms with E-state index >= 15 is 0 Å². The van der Waals surface area contributed by atoms with E-state index < -0.39 is 17.6 Å². The van der Waals surface area contributed by atoms with Crippen molar-refractivity contribution < 1.29 is 32.9 Å². The van der Waals surface area contributed by atoms with E-state index in [2.05, 4.69) is 0 Å². The summed E-state index contributed by atoms with van der Waals surface area (Å²) in [7, 11) is 0. The lowest BCUT2D eigenvalue weighted by Crippen LogP contribution is -2.17. The summed E-state index contributed by atoms with van der Waals surface area (Å²) in [5.74, 6) is -0.334. The largest absolute Gasteiger partial charge is 0.457 e. The van der Waals surface area contributed by atoms with Crippen LogP contribution in [0, 0.1) is 0 Å². The number of aliphatic hydroxyl groups excluding tert-OH is 2. The standard InChI is InChI=1S/C23H22F3NO4/c24-23(25,26)15-4-6-16(7-5-15)31-20-3-1-2-18-17(20)8-9-19(22(27)30)21(18)14(10-12-28)11-13-29/h1-9,14,28-29H,10-13H2,(H2,27,30). The predicted octanol–water partition coefficient (Wildman–Crippen LogP) is 4.60. The number of nitrogens with two attached hydrogens (primary N) is 1. The minimum Gasteiger partial charge on any atom is -0.457 e. The van der Waals surface area contributed by atoms with Crippen molar-refractivity contribution in [2.75, 3.05) is 13.2 Å². The van der Waals surface area contributed by atoms with E-state index in [-0.39, 0.29) is 30.4 Å². The molecule has 3 aromatic rings. The number of amides is 1. The van der Waals surface area contributed by atoms with E-state index in [4.69, 9.17) is 10.5 Å². The molecule has 0 heterocycles. The number of fused-ring (bicyclic) bond motifs is 1. The van der Waals surface area contributed by atoms with Gasteiger partial charge >= 0.3 is 6.18 Å². The summed E-state index contributed by atoms with van der Waals surface area (Å²) in [5.41, 5.74) is 5.67. The first-order chi connectivity index (χ1) is 14.8. The highest BCUT2D eigenvalue weighted by molar-refractivity contribution is 6.02. The molecular weight excluding hydrogens is 411 g/mol. The Hall–Kier alpha value is -3.10. The molecule has 0 bridgehead atoms. The van der Waals surface area contributed by atoms with Gasteiger partial charge in [-0.1, -0.05) is 12.1 Å². The van der Waals surface area contributed by atoms with Gasteiger partial charge in [0.15, 0.2) is 0 Å². The number of halogens is 3. The number of primary amides is 1. The lowest BCUT2D eigenvalue weighted by Gasteiger charge is -2.21. The van der Waals surface area contributed by atoms with E-state index in [0.717, 1.165) is 12.1 Å². The maximum absolute atomic E-state index is 12.8. The Kier molecular flexibility index (Phi) is 6.82. The second kappa shape index (κ2) is 9.36. The van der Waals surface area contributed by atoms with Crippen LogP contribution in [0.1, 0.15) is 40.2 Å². The molecule has 4 N–H and O–H groups in total. The number of aliphatic hydroxyl groups is 2. The van der Waals surface area contributed by atoms with Gasteiger partial charge in [0, 0.05) is 24.2 Å². The maximum atomic E-state index is 12.8. The first kappa shape index (κ1) is 22.6. The minimum atomic E-state index is -4.44. The van der Waals surface area contributed by atoms with E-state index in [1.165, 1.54) is 12.1 Å². The van der Waals surface area contributed by atoms with Gasteiger partial charge in [0.1, 0.15) is 11.5 Å². The monoisotopic (exact) mass is 433 g/mol. The zero-order chi connectivity index (χ0) is 22.6. The van der Waals surface area contributed by atoms with Gasteiger partial charge in [0.2, 0.25) is 5.91 Å². The third kappa shape index (κ3) is 4.98. The van der Waals surface area contributed by atoms with Crippen LogP contribution in [0.15, 0.2) is 54.6 Å². The molecule has 5 nitrogen and oxygen atoms in total. The minimum absolute atomic E-state index is 0.138. The van der Waals surface area contributed by atoms with E-state index in [1.807, 2.05) is 0 Å². The molecule has 0 spiro atoms. The fourth-order valence-electron chi connectivity index (χ4n) is 3.68. The molecule has 0 fully saturated rings. The van der Waals surface area contributed by atoms with Crippen LogP contribution in [0.2, 0.25) is 0 Å². The van der Waals surface area contributed by atoms with Gasteiger partial charge < -0.3 is 20.7 Å². The lowest BCUT2D eigenvalue weighted by molar-refractivity contribution is -0.137. The predicted molar refractivity (Wildman–Crippen MR) is 110 cm³/mol. The van der Waals surface area contributed by atoms with Gasteiger partial charge in [-0.2, -0.15) is 13.2 Å². The first-order valence-electron chi connectivity index (χ1n) is 9.68. The Labute approximate surface area is 176 Å². The molecule has 0 aliphatic rings. The van der Waals surface area contributed by atoms with Crippen molar-refractivity contribution in [1.29, 1.82) is 0 Å². The molecule has 0 radical (unpaired) electrons. The van der Waals surface area contributed by atoms with Crippen molar-refractivity contribution in [2.24, 2.45) is 5.73 Å². The molecule has 0 unspecified atom stereocenters. The molecule has 0 aromatic heterocycles. The van der Waals surface area contributed by atoms with Crippen LogP contribution in [0.25, 0.3) is 10.8 Å². The lowest BCUT2D eigenvalue weighted by atomic mass is 9.85. The molecule has 3 rings (SSSR count). The summed E-state index contributed by atoms with van der Waals surface area (Å²) >= 11 is 0. The Morgan fingerprint density at radius 2 is 1.58 bits per heavy atom. The van der Waals surface area contributed by atoms with Gasteiger partial charge in [0.05, 0.1) is 5.56 Å². The van der Waals surface area contributed by atoms with Gasteiger partial charge in [-0.3, -0.25) is 4.79 Å². The van der Waals surface area contributed by atoms with Crippen LogP contribution < -0.4 is 10.5 Å². The van der Waals surface area contributed by atoms with E-state index in [1.54, 1.807) is 30.3 Å². The molecule has 0 aliphatic carbocycles. The number of hydrogen-bond acceptors (Lipinski definition) is 4. The smallest absolute Gasteiger partial charge is 0.416 e. The van der Waals surface area contributed by atoms with Crippen LogP contribution in [-0.2, 0) is 6.18 Å². The summed E-state index contributed by atoms with van der Waals surface area (Å²) in [6.45, 7) is -0.276. The highest BCUT2D eigenvalue weighted by Gasteiger charge is 2.30. The molecule has 8 heteroatoms. The SMILES string of the molecule is NC(=O)c1ccc2c(Oc3ccc(C(F)(F)F)cc3)cccc2c1C(CCO)CCO. The number of ether oxygens (including phenoxy) is 1. The van der Waals surface area contributed by atoms with Crippen molar-refractivity contribution in [3.8, 4) is 11.5 Å². The molecule has 31 heavy (non-hydrogen) atoms. The fraction of sp³-hybridized carbons (Fsp3) is 0.261. The number of carbonyl (C=O) groups is 1. The fourth-order valence-corrected chi connectivity index (χ4v) is 3.68. The second-order valence-corrected chi connectivity index (χ2v) is 7.09. The molecule has 0 atom stereocenters. The van der Waals surface area contributed by atoms with Crippen molar-refractivity contribution in [3.63, 3.8) is 0 Å². The average Bonchev–Trinajstić information content (AvgIpc) is 2.72. The average molecular weight is 433 g/mol. The number of benzene rings is 3. The quantitative estimate of drug-likeness (QED) is 0.484. The normalized spacial score (nSPS) is 11.8. The maximum Gasteiger partial charge on any atom is 0.416 e. The summed E-state index contributed by atoms with van der Waals surface area (Å²) in [6.07, 6.45) is -3.79. The van der Waals surface area contributed by atoms with Crippen LogP contribution in [0.3, 0.4) is 0 Å². The van der Waals surface area contributed by atoms with Gasteiger partial charge in [-0.05, 0) is 72.2 Å². The van der Waals surface area contributed by atoms with Gasteiger partial charge in [-0.15, -0.1) is 0 Å². The topological polar surface area (TPSA) is 92.8 Å². The van der Waals surface area contributed by atoms with Crippen molar-refractivity contribution in [3.05, 3.63) is 71.3 Å². The zero-order valence-electron chi connectivity index (χ0n) is 16.5. The summed E-state index contributed by atoms with van der Waals surface area (Å²) in [6, 6.07) is 12.7. The third-order valence-corrected chi connectivity index (χ3v) is 5.10. The summed E-state index contributed by atoms with van der Waals surface area (Å²) < 4.78 is 44.2. The molecule has 1 amide bonds. The van der Waals surface area contributed by atoms with Crippen molar-refractivity contribution in [2.45, 2.75) is 24.9 Å². The Morgan fingerprint density at radius 3 is 2.13 bits per heavy atom. The number of hydrogen-bond donors (Lipinski definition) is 3. The van der Waals surface area contributed by atoms with Crippen LogP contribution in [-0.4, -0.2) is 29.3 Å². The molecular formula is C23H22F3NO4. The second-order valence-electron chi connectivity index (χ2n) is 7.09. The van der Waals surface area contributed by atoms with E-state index in [9.17, 15) is 28.2 Å². The highest BCUT2D eigenvalue weighted by atomic mass is 19.4. The van der Waals surface area contributed by atoms with Crippen LogP contribution in [0.4, 0.5) is 13.2 Å². The Balaban J connectivity index is 2.09. The number of carbonyl (C=O) groups excluding carboxylic acids is 1. The molecule has 0 aliphatic heterocycles. The van der Waals surface area contributed by atoms with Crippen molar-refractivity contribution in [1.82, 2.24) is 0 Å². The molecule has 164 valence electrons. The third-order valence-electron chi connectivity index (χ3n) is 5.10. The Morgan fingerprint density at radius 1 is 0.935 bits per heavy atom. The number of alkyl halides is 3.